The minimum atomic E-state index is -4.70. The molecule has 0 aliphatic carbocycles. The van der Waals surface area contributed by atoms with Gasteiger partial charge in [0, 0.05) is 12.8 Å². The Morgan fingerprint density at radius 3 is 1.05 bits per heavy atom. The molecule has 0 aromatic carbocycles. The van der Waals surface area contributed by atoms with Crippen LogP contribution in [-0.4, -0.2) is 69.4 Å². The maximum absolute atomic E-state index is 13.6. The van der Waals surface area contributed by atoms with Crippen molar-refractivity contribution in [1.29, 1.82) is 0 Å². The van der Waals surface area contributed by atoms with E-state index in [1.54, 1.807) is 0 Å². The highest BCUT2D eigenvalue weighted by Gasteiger charge is 2.27. The van der Waals surface area contributed by atoms with Gasteiger partial charge in [0.2, 0.25) is 5.91 Å². The van der Waals surface area contributed by atoms with Crippen molar-refractivity contribution in [3.8, 4) is 0 Å². The summed E-state index contributed by atoms with van der Waals surface area (Å²) in [6.07, 6.45) is 74.5. The molecular formula is C71H139N2O7P. The van der Waals surface area contributed by atoms with Crippen LogP contribution in [0.1, 0.15) is 367 Å². The number of carbonyl (C=O) groups excluding carboxylic acids is 2. The van der Waals surface area contributed by atoms with Crippen LogP contribution < -0.4 is 10.2 Å². The summed E-state index contributed by atoms with van der Waals surface area (Å²) in [7, 11) is 1.21. The number of rotatable bonds is 66. The summed E-state index contributed by atoms with van der Waals surface area (Å²) in [5.41, 5.74) is 0. The highest BCUT2D eigenvalue weighted by Crippen LogP contribution is 2.38. The summed E-state index contributed by atoms with van der Waals surface area (Å²) < 4.78 is 30.4. The number of amides is 1. The van der Waals surface area contributed by atoms with Gasteiger partial charge in [-0.25, -0.2) is 0 Å². The molecule has 0 heterocycles. The number of nitrogens with zero attached hydrogens (tertiary/aromatic N) is 1. The first kappa shape index (κ1) is 79.5. The number of hydrogen-bond donors (Lipinski definition) is 1. The standard InChI is InChI=1S/C71H139N2O7P/c1-7-10-13-16-19-22-25-27-29-31-33-35-36-38-39-41-43-45-48-51-54-57-60-63-70(74)72-68(67-79-81(76,77)78-66-65-73(4,5)6)69(62-59-56-53-50-47-24-21-18-15-12-9-3)80-71(75)64-61-58-55-52-49-46-44-42-40-37-34-32-30-28-26-23-20-17-14-11-8-2/h28,30,59,62,68-69H,7-27,29,31-58,60-61,63-67H2,1-6H3,(H-,72,74,76,77)/b30-28+,62-59+. The zero-order valence-electron chi connectivity index (χ0n) is 55.0. The third kappa shape index (κ3) is 62.8. The number of nitrogens with one attached hydrogen (secondary N) is 1. The van der Waals surface area contributed by atoms with Crippen LogP contribution in [0.5, 0.6) is 0 Å². The lowest BCUT2D eigenvalue weighted by molar-refractivity contribution is -0.870. The van der Waals surface area contributed by atoms with E-state index in [2.05, 4.69) is 38.2 Å². The molecule has 0 saturated carbocycles. The largest absolute Gasteiger partial charge is 0.756 e. The van der Waals surface area contributed by atoms with E-state index >= 15 is 0 Å². The smallest absolute Gasteiger partial charge is 0.306 e. The zero-order chi connectivity index (χ0) is 59.3. The third-order valence-electron chi connectivity index (χ3n) is 16.4. The molecule has 1 N–H and O–H groups in total. The summed E-state index contributed by atoms with van der Waals surface area (Å²) in [6, 6.07) is -0.883. The number of carbonyl (C=O) groups is 2. The SMILES string of the molecule is CCCCCCCC/C=C/CCCCCCCCCCCCCC(=O)OC(/C=C/CCCCCCCCCCC)C(COP(=O)([O-])OCC[N+](C)(C)C)NC(=O)CCCCCCCCCCCCCCCCCCCCCCCCC. The number of allylic oxidation sites excluding steroid dienone is 3. The fraction of sp³-hybridized carbons (Fsp3) is 0.915. The molecule has 0 saturated heterocycles. The molecule has 0 aliphatic heterocycles. The number of unbranched alkanes of at least 4 members (excludes halogenated alkanes) is 48. The average Bonchev–Trinajstić information content (AvgIpc) is 3.43. The Kier molecular flexibility index (Phi) is 60.4. The summed E-state index contributed by atoms with van der Waals surface area (Å²) in [5.74, 6) is -0.520. The van der Waals surface area contributed by atoms with E-state index in [0.29, 0.717) is 17.4 Å². The molecule has 0 radical (unpaired) electrons. The topological polar surface area (TPSA) is 114 Å². The Labute approximate surface area is 504 Å². The molecular weight excluding hydrogens is 1020 g/mol. The Morgan fingerprint density at radius 1 is 0.420 bits per heavy atom. The fourth-order valence-corrected chi connectivity index (χ4v) is 11.6. The first-order valence-electron chi connectivity index (χ1n) is 35.6. The molecule has 10 heteroatoms. The molecule has 0 spiro atoms. The molecule has 0 aromatic heterocycles. The van der Waals surface area contributed by atoms with Gasteiger partial charge >= 0.3 is 5.97 Å². The van der Waals surface area contributed by atoms with Crippen molar-refractivity contribution in [2.75, 3.05) is 40.9 Å². The van der Waals surface area contributed by atoms with Crippen LogP contribution in [0.15, 0.2) is 24.3 Å². The molecule has 3 unspecified atom stereocenters. The summed E-state index contributed by atoms with van der Waals surface area (Å²) in [4.78, 5) is 40.1. The van der Waals surface area contributed by atoms with Crippen molar-refractivity contribution in [3.63, 3.8) is 0 Å². The number of phosphoric acid groups is 1. The van der Waals surface area contributed by atoms with Crippen molar-refractivity contribution in [2.24, 2.45) is 0 Å². The Hall–Kier alpha value is -1.51. The molecule has 9 nitrogen and oxygen atoms in total. The molecule has 480 valence electrons. The van der Waals surface area contributed by atoms with Crippen LogP contribution in [0.4, 0.5) is 0 Å². The number of likely N-dealkylation sites (N-methyl/N-ethyl adjacent to an activating group) is 1. The van der Waals surface area contributed by atoms with Gasteiger partial charge in [-0.2, -0.15) is 0 Å². The number of esters is 1. The Balaban J connectivity index is 5.00. The molecule has 0 aromatic rings. The second-order valence-corrected chi connectivity index (χ2v) is 27.2. The highest BCUT2D eigenvalue weighted by molar-refractivity contribution is 7.45. The zero-order valence-corrected chi connectivity index (χ0v) is 55.9. The normalized spacial score (nSPS) is 13.6. The second-order valence-electron chi connectivity index (χ2n) is 25.7. The van der Waals surface area contributed by atoms with Crippen molar-refractivity contribution in [3.05, 3.63) is 24.3 Å². The second kappa shape index (κ2) is 61.6. The van der Waals surface area contributed by atoms with E-state index in [0.717, 1.165) is 57.8 Å². The molecule has 0 bridgehead atoms. The van der Waals surface area contributed by atoms with Crippen LogP contribution in [0.25, 0.3) is 0 Å². The molecule has 81 heavy (non-hydrogen) atoms. The van der Waals surface area contributed by atoms with Crippen LogP contribution >= 0.6 is 7.82 Å². The first-order valence-corrected chi connectivity index (χ1v) is 37.1. The average molecular weight is 1160 g/mol. The molecule has 3 atom stereocenters. The maximum atomic E-state index is 13.6. The number of quaternary nitrogens is 1. The van der Waals surface area contributed by atoms with Crippen LogP contribution in [-0.2, 0) is 27.9 Å². The fourth-order valence-electron chi connectivity index (χ4n) is 10.9. The first-order chi connectivity index (χ1) is 39.4. The number of hydrogen-bond acceptors (Lipinski definition) is 7. The molecule has 1 amide bonds. The third-order valence-corrected chi connectivity index (χ3v) is 17.3. The van der Waals surface area contributed by atoms with E-state index in [1.165, 1.54) is 276 Å². The van der Waals surface area contributed by atoms with Gasteiger partial charge in [-0.1, -0.05) is 322 Å². The minimum Gasteiger partial charge on any atom is -0.756 e. The Morgan fingerprint density at radius 2 is 0.716 bits per heavy atom. The molecule has 0 rings (SSSR count). The van der Waals surface area contributed by atoms with Gasteiger partial charge in [-0.3, -0.25) is 14.2 Å². The van der Waals surface area contributed by atoms with Gasteiger partial charge in [0.1, 0.15) is 19.3 Å². The van der Waals surface area contributed by atoms with Crippen molar-refractivity contribution in [1.82, 2.24) is 5.32 Å². The number of ether oxygens (including phenoxy) is 1. The van der Waals surface area contributed by atoms with Crippen LogP contribution in [0.2, 0.25) is 0 Å². The lowest BCUT2D eigenvalue weighted by Gasteiger charge is -2.30. The van der Waals surface area contributed by atoms with Gasteiger partial charge in [0.25, 0.3) is 7.82 Å². The van der Waals surface area contributed by atoms with Crippen molar-refractivity contribution >= 4 is 19.7 Å². The van der Waals surface area contributed by atoms with E-state index in [1.807, 2.05) is 33.3 Å². The lowest BCUT2D eigenvalue weighted by Crippen LogP contribution is -2.47. The van der Waals surface area contributed by atoms with Gasteiger partial charge in [0.15, 0.2) is 0 Å². The van der Waals surface area contributed by atoms with Gasteiger partial charge in [-0.05, 0) is 57.4 Å². The van der Waals surface area contributed by atoms with E-state index < -0.39 is 20.0 Å². The van der Waals surface area contributed by atoms with Crippen molar-refractivity contribution < 1.29 is 37.3 Å². The highest BCUT2D eigenvalue weighted by atomic mass is 31.2. The van der Waals surface area contributed by atoms with E-state index in [9.17, 15) is 19.0 Å². The van der Waals surface area contributed by atoms with Crippen LogP contribution in [0.3, 0.4) is 0 Å². The quantitative estimate of drug-likeness (QED) is 0.0212. The van der Waals surface area contributed by atoms with Gasteiger partial charge in [-0.15, -0.1) is 0 Å². The van der Waals surface area contributed by atoms with Gasteiger partial charge in [0.05, 0.1) is 33.8 Å². The molecule has 0 aliphatic rings. The summed E-state index contributed by atoms with van der Waals surface area (Å²) in [6.45, 7) is 6.90. The maximum Gasteiger partial charge on any atom is 0.306 e. The minimum absolute atomic E-state index is 0.0183. The van der Waals surface area contributed by atoms with Gasteiger partial charge < -0.3 is 28.5 Å². The monoisotopic (exact) mass is 1160 g/mol. The van der Waals surface area contributed by atoms with E-state index in [-0.39, 0.29) is 31.5 Å². The molecule has 0 fully saturated rings. The lowest BCUT2D eigenvalue weighted by atomic mass is 10.0. The van der Waals surface area contributed by atoms with Crippen molar-refractivity contribution in [2.45, 2.75) is 380 Å². The van der Waals surface area contributed by atoms with E-state index in [4.69, 9.17) is 13.8 Å². The summed E-state index contributed by atoms with van der Waals surface area (Å²) >= 11 is 0. The summed E-state index contributed by atoms with van der Waals surface area (Å²) in [5, 5.41) is 3.05. The Bertz CT molecular complexity index is 1430. The predicted molar refractivity (Wildman–Crippen MR) is 349 cm³/mol. The predicted octanol–water partition coefficient (Wildman–Crippen LogP) is 21.8. The number of phosphoric ester groups is 1. The van der Waals surface area contributed by atoms with Crippen LogP contribution in [0, 0.1) is 0 Å².